The molecule has 0 saturated carbocycles. The van der Waals surface area contributed by atoms with E-state index in [4.69, 9.17) is 15.2 Å². The minimum atomic E-state index is -0.454. The lowest BCUT2D eigenvalue weighted by atomic mass is 10.1. The quantitative estimate of drug-likeness (QED) is 0.790. The summed E-state index contributed by atoms with van der Waals surface area (Å²) in [6.07, 6.45) is 2.72. The van der Waals surface area contributed by atoms with E-state index in [1.807, 2.05) is 7.05 Å². The molecule has 0 bridgehead atoms. The van der Waals surface area contributed by atoms with Gasteiger partial charge in [0.05, 0.1) is 6.10 Å². The van der Waals surface area contributed by atoms with Gasteiger partial charge in [-0.2, -0.15) is 0 Å². The highest BCUT2D eigenvalue weighted by Crippen LogP contribution is 2.21. The Labute approximate surface area is 166 Å². The lowest BCUT2D eigenvalue weighted by Crippen LogP contribution is -2.40. The number of anilines is 1. The van der Waals surface area contributed by atoms with E-state index in [9.17, 15) is 9.59 Å². The van der Waals surface area contributed by atoms with Gasteiger partial charge >= 0.3 is 0 Å². The highest BCUT2D eigenvalue weighted by molar-refractivity contribution is 5.97. The number of rotatable bonds is 5. The molecule has 1 aromatic carbocycles. The molecule has 3 rings (SSSR count). The van der Waals surface area contributed by atoms with E-state index in [1.54, 1.807) is 29.2 Å². The number of hydrogen-bond donors (Lipinski definition) is 2. The lowest BCUT2D eigenvalue weighted by molar-refractivity contribution is -0.126. The minimum Gasteiger partial charge on any atom is -0.381 e. The zero-order valence-electron chi connectivity index (χ0n) is 15.6. The summed E-state index contributed by atoms with van der Waals surface area (Å²) < 4.78 is 10.9. The van der Waals surface area contributed by atoms with Gasteiger partial charge in [0.15, 0.2) is 0 Å². The molecule has 2 atom stereocenters. The summed E-state index contributed by atoms with van der Waals surface area (Å²) in [5.41, 5.74) is 6.83. The third-order valence-electron chi connectivity index (χ3n) is 5.12. The van der Waals surface area contributed by atoms with Crippen LogP contribution in [0.5, 0.6) is 0 Å². The molecule has 2 aliphatic heterocycles. The van der Waals surface area contributed by atoms with Crippen LogP contribution in [0, 0.1) is 0 Å². The first-order chi connectivity index (χ1) is 12.6. The number of carbonyl (C=O) groups is 2. The third kappa shape index (κ3) is 5.42. The van der Waals surface area contributed by atoms with Crippen molar-refractivity contribution in [2.45, 2.75) is 43.9 Å². The van der Waals surface area contributed by atoms with Crippen LogP contribution in [0.15, 0.2) is 24.3 Å². The second-order valence-corrected chi connectivity index (χ2v) is 6.89. The number of nitrogens with one attached hydrogen (secondary N) is 1. The van der Waals surface area contributed by atoms with E-state index in [-0.39, 0.29) is 36.4 Å². The topological polar surface area (TPSA) is 93.9 Å². The largest absolute Gasteiger partial charge is 0.381 e. The van der Waals surface area contributed by atoms with Crippen LogP contribution in [-0.2, 0) is 14.3 Å². The van der Waals surface area contributed by atoms with Gasteiger partial charge in [-0.15, -0.1) is 12.4 Å². The molecule has 0 unspecified atom stereocenters. The standard InChI is InChI=1S/C19H27N3O4.ClH/c1-22(15-8-10-25-11-9-15)19(24)13-2-4-14(5-3-13)21-18(23)17-7-6-16(12-20)26-17;/h2-5,15-17H,6-12,20H2,1H3,(H,21,23);1H/t16-,17+;/m1./s1. The first kappa shape index (κ1) is 21.6. The fourth-order valence-electron chi connectivity index (χ4n) is 3.43. The molecular formula is C19H28ClN3O4. The second kappa shape index (κ2) is 10.0. The Bertz CT molecular complexity index is 634. The maximum absolute atomic E-state index is 12.6. The fourth-order valence-corrected chi connectivity index (χ4v) is 3.43. The summed E-state index contributed by atoms with van der Waals surface area (Å²) in [7, 11) is 1.83. The Balaban J connectivity index is 0.00000261. The van der Waals surface area contributed by atoms with E-state index in [0.29, 0.717) is 37.4 Å². The number of hydrogen-bond acceptors (Lipinski definition) is 5. The highest BCUT2D eigenvalue weighted by Gasteiger charge is 2.30. The van der Waals surface area contributed by atoms with Crippen LogP contribution in [0.2, 0.25) is 0 Å². The molecule has 7 nitrogen and oxygen atoms in total. The number of amides is 2. The summed E-state index contributed by atoms with van der Waals surface area (Å²) in [5.74, 6) is -0.181. The number of nitrogens with zero attached hydrogens (tertiary/aromatic N) is 1. The van der Waals surface area contributed by atoms with Crippen LogP contribution in [-0.4, -0.2) is 61.8 Å². The maximum atomic E-state index is 12.6. The Morgan fingerprint density at radius 1 is 1.15 bits per heavy atom. The van der Waals surface area contributed by atoms with Crippen molar-refractivity contribution < 1.29 is 19.1 Å². The molecule has 2 amide bonds. The Morgan fingerprint density at radius 3 is 2.41 bits per heavy atom. The highest BCUT2D eigenvalue weighted by atomic mass is 35.5. The average molecular weight is 398 g/mol. The molecule has 150 valence electrons. The molecule has 8 heteroatoms. The van der Waals surface area contributed by atoms with Gasteiger partial charge in [-0.1, -0.05) is 0 Å². The summed E-state index contributed by atoms with van der Waals surface area (Å²) in [5, 5.41) is 2.84. The first-order valence-electron chi connectivity index (χ1n) is 9.20. The van der Waals surface area contributed by atoms with Crippen molar-refractivity contribution in [3.63, 3.8) is 0 Å². The van der Waals surface area contributed by atoms with Gasteiger partial charge in [0.1, 0.15) is 6.10 Å². The monoisotopic (exact) mass is 397 g/mol. The minimum absolute atomic E-state index is 0. The molecule has 2 heterocycles. The van der Waals surface area contributed by atoms with Crippen molar-refractivity contribution in [3.05, 3.63) is 29.8 Å². The Kier molecular flexibility index (Phi) is 8.04. The van der Waals surface area contributed by atoms with Gasteiger partial charge in [0.2, 0.25) is 0 Å². The molecule has 0 aromatic heterocycles. The van der Waals surface area contributed by atoms with Gasteiger partial charge in [-0.25, -0.2) is 0 Å². The molecule has 3 N–H and O–H groups in total. The number of nitrogens with two attached hydrogens (primary N) is 1. The van der Waals surface area contributed by atoms with Crippen LogP contribution >= 0.6 is 12.4 Å². The first-order valence-corrected chi connectivity index (χ1v) is 9.20. The molecule has 27 heavy (non-hydrogen) atoms. The number of halogens is 1. The molecule has 0 radical (unpaired) electrons. The van der Waals surface area contributed by atoms with Gasteiger partial charge in [0, 0.05) is 44.1 Å². The van der Waals surface area contributed by atoms with E-state index in [1.165, 1.54) is 0 Å². The average Bonchev–Trinajstić information content (AvgIpc) is 3.17. The van der Waals surface area contributed by atoms with E-state index < -0.39 is 6.10 Å². The zero-order chi connectivity index (χ0) is 18.5. The maximum Gasteiger partial charge on any atom is 0.253 e. The van der Waals surface area contributed by atoms with Crippen molar-refractivity contribution in [3.8, 4) is 0 Å². The molecule has 2 saturated heterocycles. The predicted octanol–water partition coefficient (Wildman–Crippen LogP) is 1.80. The zero-order valence-corrected chi connectivity index (χ0v) is 16.4. The van der Waals surface area contributed by atoms with Gasteiger partial charge < -0.3 is 25.4 Å². The van der Waals surface area contributed by atoms with Crippen LogP contribution in [0.1, 0.15) is 36.0 Å². The molecule has 2 fully saturated rings. The number of benzene rings is 1. The van der Waals surface area contributed by atoms with Crippen LogP contribution in [0.25, 0.3) is 0 Å². The Hall–Kier alpha value is -1.67. The summed E-state index contributed by atoms with van der Waals surface area (Å²) in [6.45, 7) is 1.82. The second-order valence-electron chi connectivity index (χ2n) is 6.89. The van der Waals surface area contributed by atoms with Crippen LogP contribution < -0.4 is 11.1 Å². The smallest absolute Gasteiger partial charge is 0.253 e. The summed E-state index contributed by atoms with van der Waals surface area (Å²) in [4.78, 5) is 26.7. The lowest BCUT2D eigenvalue weighted by Gasteiger charge is -2.31. The van der Waals surface area contributed by atoms with Crippen LogP contribution in [0.3, 0.4) is 0 Å². The third-order valence-corrected chi connectivity index (χ3v) is 5.12. The van der Waals surface area contributed by atoms with Crippen molar-refractivity contribution in [2.24, 2.45) is 5.73 Å². The fraction of sp³-hybridized carbons (Fsp3) is 0.579. The molecular weight excluding hydrogens is 370 g/mol. The van der Waals surface area contributed by atoms with E-state index in [2.05, 4.69) is 5.32 Å². The SMILES string of the molecule is CN(C(=O)c1ccc(NC(=O)[C@@H]2CC[C@H](CN)O2)cc1)C1CCOCC1.Cl. The molecule has 2 aliphatic rings. The van der Waals surface area contributed by atoms with Crippen molar-refractivity contribution in [1.29, 1.82) is 0 Å². The summed E-state index contributed by atoms with van der Waals surface area (Å²) >= 11 is 0. The summed E-state index contributed by atoms with van der Waals surface area (Å²) in [6, 6.07) is 7.19. The van der Waals surface area contributed by atoms with Gasteiger partial charge in [-0.3, -0.25) is 9.59 Å². The number of carbonyl (C=O) groups excluding carboxylic acids is 2. The van der Waals surface area contributed by atoms with Crippen molar-refractivity contribution in [1.82, 2.24) is 4.90 Å². The molecule has 1 aromatic rings. The normalized spacial score (nSPS) is 22.7. The molecule has 0 aliphatic carbocycles. The van der Waals surface area contributed by atoms with Crippen LogP contribution in [0.4, 0.5) is 5.69 Å². The van der Waals surface area contributed by atoms with Crippen molar-refractivity contribution in [2.75, 3.05) is 32.1 Å². The van der Waals surface area contributed by atoms with E-state index >= 15 is 0 Å². The van der Waals surface area contributed by atoms with Gasteiger partial charge in [0.25, 0.3) is 11.8 Å². The van der Waals surface area contributed by atoms with E-state index in [0.717, 1.165) is 19.3 Å². The Morgan fingerprint density at radius 2 is 1.81 bits per heavy atom. The van der Waals surface area contributed by atoms with Gasteiger partial charge in [-0.05, 0) is 49.9 Å². The predicted molar refractivity (Wildman–Crippen MR) is 105 cm³/mol. The molecule has 0 spiro atoms. The van der Waals surface area contributed by atoms with Crippen molar-refractivity contribution >= 4 is 29.9 Å². The number of ether oxygens (including phenoxy) is 2.